The van der Waals surface area contributed by atoms with E-state index >= 15 is 0 Å². The van der Waals surface area contributed by atoms with Gasteiger partial charge < -0.3 is 20.9 Å². The number of anilines is 2. The summed E-state index contributed by atoms with van der Waals surface area (Å²) in [4.78, 5) is 40.7. The predicted molar refractivity (Wildman–Crippen MR) is 134 cm³/mol. The van der Waals surface area contributed by atoms with Gasteiger partial charge in [0.2, 0.25) is 0 Å². The molecule has 0 aliphatic heterocycles. The quantitative estimate of drug-likeness (QED) is 0.408. The fraction of sp³-hybridized carbons (Fsp3) is 0.440. The van der Waals surface area contributed by atoms with Crippen molar-refractivity contribution in [2.45, 2.75) is 56.9 Å². The largest absolute Gasteiger partial charge is 0.392 e. The van der Waals surface area contributed by atoms with Crippen LogP contribution >= 0.6 is 0 Å². The number of nitrogens with zero attached hydrogens (tertiary/aromatic N) is 4. The Morgan fingerprint density at radius 1 is 1.09 bits per heavy atom. The molecular formula is C25H32N8O2. The average molecular weight is 477 g/mol. The van der Waals surface area contributed by atoms with Crippen LogP contribution in [0, 0.1) is 5.41 Å². The van der Waals surface area contributed by atoms with Gasteiger partial charge in [-0.25, -0.2) is 15.0 Å². The molecule has 0 atom stereocenters. The topological polar surface area (TPSA) is 136 Å². The van der Waals surface area contributed by atoms with Gasteiger partial charge in [-0.15, -0.1) is 0 Å². The van der Waals surface area contributed by atoms with Crippen LogP contribution in [0.15, 0.2) is 42.8 Å². The van der Waals surface area contributed by atoms with Gasteiger partial charge in [0.1, 0.15) is 12.0 Å². The van der Waals surface area contributed by atoms with Gasteiger partial charge in [-0.2, -0.15) is 0 Å². The summed E-state index contributed by atoms with van der Waals surface area (Å²) in [7, 11) is 3.39. The van der Waals surface area contributed by atoms with Crippen molar-refractivity contribution in [3.05, 3.63) is 54.1 Å². The van der Waals surface area contributed by atoms with Crippen LogP contribution in [-0.4, -0.2) is 57.5 Å². The van der Waals surface area contributed by atoms with Crippen LogP contribution in [0.5, 0.6) is 0 Å². The van der Waals surface area contributed by atoms with Gasteiger partial charge in [-0.05, 0) is 37.8 Å². The zero-order valence-corrected chi connectivity index (χ0v) is 20.2. The van der Waals surface area contributed by atoms with E-state index in [1.54, 1.807) is 31.4 Å². The molecule has 10 nitrogen and oxygen atoms in total. The molecule has 2 aliphatic carbocycles. The summed E-state index contributed by atoms with van der Waals surface area (Å²) in [5.41, 5.74) is 1.96. The lowest BCUT2D eigenvalue weighted by molar-refractivity contribution is -0.125. The van der Waals surface area contributed by atoms with Crippen LogP contribution < -0.4 is 16.0 Å². The number of carbonyl (C=O) groups excluding carboxylic acids is 2. The standard InChI is InChI=1S/C25H32N8O2/c1-27-14-21(22(26)25(35)33(2)18-6-4-3-5-7-18)32-24(34)23-20(30-17-12-28-15-29-13-17)11-10-19(31-23)16-8-9-16/h10-16,18,26-27,30H,3-9H2,1-2H3,(H,32,34)/b21-14+,26-22?. The molecule has 2 saturated carbocycles. The number of nitrogens with one attached hydrogen (secondary N) is 4. The van der Waals surface area contributed by atoms with Crippen LogP contribution in [0.2, 0.25) is 0 Å². The van der Waals surface area contributed by atoms with E-state index in [0.717, 1.165) is 44.2 Å². The van der Waals surface area contributed by atoms with Crippen LogP contribution in [0.25, 0.3) is 0 Å². The maximum absolute atomic E-state index is 13.4. The molecule has 0 aromatic carbocycles. The van der Waals surface area contributed by atoms with E-state index in [2.05, 4.69) is 30.9 Å². The fourth-order valence-electron chi connectivity index (χ4n) is 4.30. The fourth-order valence-corrected chi connectivity index (χ4v) is 4.30. The molecule has 0 unspecified atom stereocenters. The van der Waals surface area contributed by atoms with Crippen molar-refractivity contribution in [1.29, 1.82) is 5.41 Å². The summed E-state index contributed by atoms with van der Waals surface area (Å²) in [5, 5.41) is 17.3. The minimum atomic E-state index is -0.508. The number of rotatable bonds is 9. The van der Waals surface area contributed by atoms with Crippen LogP contribution in [-0.2, 0) is 4.79 Å². The predicted octanol–water partition coefficient (Wildman–Crippen LogP) is 3.09. The van der Waals surface area contributed by atoms with Crippen molar-refractivity contribution in [3.63, 3.8) is 0 Å². The van der Waals surface area contributed by atoms with E-state index in [1.165, 1.54) is 18.9 Å². The van der Waals surface area contributed by atoms with E-state index in [9.17, 15) is 9.59 Å². The molecule has 2 aromatic heterocycles. The summed E-state index contributed by atoms with van der Waals surface area (Å²) >= 11 is 0. The van der Waals surface area contributed by atoms with E-state index < -0.39 is 11.8 Å². The Kier molecular flexibility index (Phi) is 7.69. The molecule has 2 amide bonds. The molecule has 0 saturated heterocycles. The highest BCUT2D eigenvalue weighted by Gasteiger charge is 2.29. The second-order valence-electron chi connectivity index (χ2n) is 9.04. The molecule has 4 rings (SSSR count). The summed E-state index contributed by atoms with van der Waals surface area (Å²) in [6.45, 7) is 0. The Balaban J connectivity index is 1.55. The molecule has 0 bridgehead atoms. The molecule has 2 heterocycles. The molecular weight excluding hydrogens is 444 g/mol. The van der Waals surface area contributed by atoms with Crippen molar-refractivity contribution in [2.24, 2.45) is 0 Å². The molecule has 2 aromatic rings. The molecule has 10 heteroatoms. The minimum absolute atomic E-state index is 0.0952. The lowest BCUT2D eigenvalue weighted by Crippen LogP contribution is -2.44. The van der Waals surface area contributed by atoms with Crippen molar-refractivity contribution in [3.8, 4) is 0 Å². The third-order valence-electron chi connectivity index (χ3n) is 6.43. The maximum atomic E-state index is 13.4. The van der Waals surface area contributed by atoms with Crippen molar-refractivity contribution in [2.75, 3.05) is 19.4 Å². The zero-order valence-electron chi connectivity index (χ0n) is 20.2. The first-order chi connectivity index (χ1) is 17.0. The van der Waals surface area contributed by atoms with Gasteiger partial charge >= 0.3 is 0 Å². The first kappa shape index (κ1) is 24.3. The lowest BCUT2D eigenvalue weighted by Gasteiger charge is -2.31. The molecule has 2 aliphatic rings. The molecule has 4 N–H and O–H groups in total. The van der Waals surface area contributed by atoms with Crippen molar-refractivity contribution in [1.82, 2.24) is 30.5 Å². The van der Waals surface area contributed by atoms with Gasteiger partial charge in [-0.3, -0.25) is 15.0 Å². The monoisotopic (exact) mass is 476 g/mol. The van der Waals surface area contributed by atoms with Gasteiger partial charge in [0.05, 0.1) is 29.5 Å². The number of carbonyl (C=O) groups is 2. The number of amides is 2. The molecule has 0 radical (unpaired) electrons. The normalized spacial score (nSPS) is 16.3. The van der Waals surface area contributed by atoms with E-state index in [1.807, 2.05) is 12.1 Å². The van der Waals surface area contributed by atoms with Gasteiger partial charge in [0, 0.05) is 37.9 Å². The third-order valence-corrected chi connectivity index (χ3v) is 6.43. The summed E-state index contributed by atoms with van der Waals surface area (Å²) in [6, 6.07) is 3.84. The number of hydrogen-bond donors (Lipinski definition) is 4. The smallest absolute Gasteiger partial charge is 0.276 e. The Morgan fingerprint density at radius 2 is 1.80 bits per heavy atom. The molecule has 0 spiro atoms. The van der Waals surface area contributed by atoms with E-state index in [-0.39, 0.29) is 23.1 Å². The van der Waals surface area contributed by atoms with Crippen LogP contribution in [0.4, 0.5) is 11.4 Å². The summed E-state index contributed by atoms with van der Waals surface area (Å²) in [5.74, 6) is -0.573. The van der Waals surface area contributed by atoms with Crippen LogP contribution in [0.3, 0.4) is 0 Å². The second kappa shape index (κ2) is 11.1. The third kappa shape index (κ3) is 6.00. The lowest BCUT2D eigenvalue weighted by atomic mass is 9.94. The zero-order chi connectivity index (χ0) is 24.8. The number of hydrogen-bond acceptors (Lipinski definition) is 8. The molecule has 184 valence electrons. The average Bonchev–Trinajstić information content (AvgIpc) is 3.74. The second-order valence-corrected chi connectivity index (χ2v) is 9.04. The Morgan fingerprint density at radius 3 is 2.46 bits per heavy atom. The first-order valence-electron chi connectivity index (χ1n) is 12.1. The minimum Gasteiger partial charge on any atom is -0.392 e. The summed E-state index contributed by atoms with van der Waals surface area (Å²) < 4.78 is 0. The van der Waals surface area contributed by atoms with E-state index in [0.29, 0.717) is 17.3 Å². The number of pyridine rings is 1. The Bertz CT molecular complexity index is 1110. The van der Waals surface area contributed by atoms with Gasteiger partial charge in [-0.1, -0.05) is 19.3 Å². The SMILES string of the molecule is CN/C=C(/NC(=O)c1nc(C2CC2)ccc1Nc1cncnc1)C(=N)C(=O)N(C)C1CCCCC1. The first-order valence-corrected chi connectivity index (χ1v) is 12.1. The van der Waals surface area contributed by atoms with E-state index in [4.69, 9.17) is 5.41 Å². The number of aromatic nitrogens is 3. The van der Waals surface area contributed by atoms with Crippen LogP contribution in [0.1, 0.15) is 67.0 Å². The van der Waals surface area contributed by atoms with Gasteiger partial charge in [0.15, 0.2) is 5.69 Å². The van der Waals surface area contributed by atoms with Gasteiger partial charge in [0.25, 0.3) is 11.8 Å². The summed E-state index contributed by atoms with van der Waals surface area (Å²) in [6.07, 6.45) is 13.4. The highest BCUT2D eigenvalue weighted by Crippen LogP contribution is 2.39. The highest BCUT2D eigenvalue weighted by molar-refractivity contribution is 6.44. The molecule has 2 fully saturated rings. The van der Waals surface area contributed by atoms with Crippen molar-refractivity contribution >= 4 is 28.9 Å². The van der Waals surface area contributed by atoms with Crippen molar-refractivity contribution < 1.29 is 9.59 Å². The Labute approximate surface area is 205 Å². The maximum Gasteiger partial charge on any atom is 0.276 e. The highest BCUT2D eigenvalue weighted by atomic mass is 16.2. The Hall–Kier alpha value is -3.82. The molecule has 35 heavy (non-hydrogen) atoms.